The minimum atomic E-state index is -4.36. The van der Waals surface area contributed by atoms with Crippen LogP contribution in [0.25, 0.3) is 0 Å². The first-order valence-corrected chi connectivity index (χ1v) is 7.52. The Morgan fingerprint density at radius 2 is 2.05 bits per heavy atom. The number of allylic oxidation sites excluding steroid dienone is 2. The number of benzene rings is 1. The van der Waals surface area contributed by atoms with E-state index in [4.69, 9.17) is 5.26 Å². The Balaban J connectivity index is 2.59. The van der Waals surface area contributed by atoms with Crippen molar-refractivity contribution in [2.24, 2.45) is 0 Å². The van der Waals surface area contributed by atoms with Gasteiger partial charge in [0, 0.05) is 12.2 Å². The third-order valence-electron chi connectivity index (χ3n) is 3.02. The summed E-state index contributed by atoms with van der Waals surface area (Å²) in [6.07, 6.45) is 2.02. The molecule has 20 heavy (non-hydrogen) atoms. The SMILES string of the molecule is N#C/C(=C1/CCCCN1)S(=O)(=O)c1cc(F)ccc1F. The van der Waals surface area contributed by atoms with Gasteiger partial charge in [0.2, 0.25) is 9.84 Å². The summed E-state index contributed by atoms with van der Waals surface area (Å²) in [4.78, 5) is -1.35. The molecule has 4 nitrogen and oxygen atoms in total. The number of nitrogens with one attached hydrogen (secondary N) is 1. The number of hydrogen-bond acceptors (Lipinski definition) is 4. The molecular weight excluding hydrogens is 286 g/mol. The van der Waals surface area contributed by atoms with E-state index < -0.39 is 31.3 Å². The quantitative estimate of drug-likeness (QED) is 0.850. The highest BCUT2D eigenvalue weighted by molar-refractivity contribution is 7.95. The van der Waals surface area contributed by atoms with Gasteiger partial charge in [0.15, 0.2) is 4.91 Å². The van der Waals surface area contributed by atoms with Gasteiger partial charge in [-0.2, -0.15) is 5.26 Å². The van der Waals surface area contributed by atoms with Crippen molar-refractivity contribution in [3.05, 3.63) is 40.4 Å². The monoisotopic (exact) mass is 298 g/mol. The van der Waals surface area contributed by atoms with Gasteiger partial charge < -0.3 is 5.32 Å². The number of rotatable bonds is 2. The average molecular weight is 298 g/mol. The number of nitriles is 1. The first-order valence-electron chi connectivity index (χ1n) is 6.04. The number of nitrogens with zero attached hydrogens (tertiary/aromatic N) is 1. The Kier molecular flexibility index (Phi) is 4.04. The first kappa shape index (κ1) is 14.5. The van der Waals surface area contributed by atoms with Crippen molar-refractivity contribution in [3.63, 3.8) is 0 Å². The molecule has 0 aliphatic carbocycles. The molecule has 1 aliphatic heterocycles. The second kappa shape index (κ2) is 5.59. The minimum absolute atomic E-state index is 0.266. The van der Waals surface area contributed by atoms with Crippen molar-refractivity contribution >= 4 is 9.84 Å². The van der Waals surface area contributed by atoms with Crippen LogP contribution >= 0.6 is 0 Å². The summed E-state index contributed by atoms with van der Waals surface area (Å²) < 4.78 is 51.4. The molecule has 0 radical (unpaired) electrons. The van der Waals surface area contributed by atoms with Crippen molar-refractivity contribution in [2.75, 3.05) is 6.54 Å². The number of sulfone groups is 1. The van der Waals surface area contributed by atoms with Crippen LogP contribution in [0.5, 0.6) is 0 Å². The van der Waals surface area contributed by atoms with Crippen molar-refractivity contribution in [1.29, 1.82) is 5.26 Å². The summed E-state index contributed by atoms with van der Waals surface area (Å²) in [5.41, 5.74) is 0.266. The molecule has 1 fully saturated rings. The number of hydrogen-bond donors (Lipinski definition) is 1. The normalized spacial score (nSPS) is 18.1. The molecule has 1 heterocycles. The van der Waals surface area contributed by atoms with Crippen LogP contribution in [0.3, 0.4) is 0 Å². The molecule has 0 amide bonds. The zero-order valence-electron chi connectivity index (χ0n) is 10.5. The largest absolute Gasteiger partial charge is 0.387 e. The fraction of sp³-hybridized carbons (Fsp3) is 0.308. The number of piperidine rings is 1. The maximum absolute atomic E-state index is 13.6. The van der Waals surface area contributed by atoms with E-state index in [0.29, 0.717) is 19.0 Å². The van der Waals surface area contributed by atoms with Gasteiger partial charge in [-0.05, 0) is 37.5 Å². The molecule has 1 aromatic rings. The number of halogens is 2. The van der Waals surface area contributed by atoms with Crippen molar-refractivity contribution < 1.29 is 17.2 Å². The van der Waals surface area contributed by atoms with Crippen molar-refractivity contribution in [3.8, 4) is 6.07 Å². The Labute approximate surface area is 115 Å². The van der Waals surface area contributed by atoms with Gasteiger partial charge in [0.1, 0.15) is 22.6 Å². The molecule has 0 aromatic heterocycles. The standard InChI is InChI=1S/C13H12F2N2O2S/c14-9-4-5-10(15)12(7-9)20(18,19)13(8-16)11-3-1-2-6-17-11/h4-5,7,17H,1-3,6H2/b13-11+. The Morgan fingerprint density at radius 1 is 1.30 bits per heavy atom. The van der Waals surface area contributed by atoms with Crippen LogP contribution in [0.2, 0.25) is 0 Å². The lowest BCUT2D eigenvalue weighted by atomic mass is 10.1. The summed E-state index contributed by atoms with van der Waals surface area (Å²) in [6.45, 7) is 0.557. The molecule has 1 aliphatic rings. The maximum Gasteiger partial charge on any atom is 0.221 e. The van der Waals surface area contributed by atoms with Gasteiger partial charge >= 0.3 is 0 Å². The van der Waals surface area contributed by atoms with Crippen LogP contribution in [-0.2, 0) is 9.84 Å². The fourth-order valence-corrected chi connectivity index (χ4v) is 3.46. The first-order chi connectivity index (χ1) is 9.46. The van der Waals surface area contributed by atoms with E-state index in [1.54, 1.807) is 6.07 Å². The van der Waals surface area contributed by atoms with Crippen LogP contribution in [-0.4, -0.2) is 15.0 Å². The highest BCUT2D eigenvalue weighted by atomic mass is 32.2. The lowest BCUT2D eigenvalue weighted by Crippen LogP contribution is -2.24. The predicted molar refractivity (Wildman–Crippen MR) is 68.0 cm³/mol. The van der Waals surface area contributed by atoms with E-state index in [-0.39, 0.29) is 5.70 Å². The van der Waals surface area contributed by atoms with Crippen LogP contribution in [0, 0.1) is 23.0 Å². The summed E-state index contributed by atoms with van der Waals surface area (Å²) in [7, 11) is -4.36. The van der Waals surface area contributed by atoms with Crippen LogP contribution < -0.4 is 5.32 Å². The van der Waals surface area contributed by atoms with Crippen LogP contribution in [0.1, 0.15) is 19.3 Å². The molecule has 1 saturated heterocycles. The fourth-order valence-electron chi connectivity index (χ4n) is 2.03. The van der Waals surface area contributed by atoms with Gasteiger partial charge in [0.25, 0.3) is 0 Å². The van der Waals surface area contributed by atoms with Gasteiger partial charge in [-0.3, -0.25) is 0 Å². The highest BCUT2D eigenvalue weighted by Crippen LogP contribution is 2.26. The van der Waals surface area contributed by atoms with E-state index in [2.05, 4.69) is 5.32 Å². The average Bonchev–Trinajstić information content (AvgIpc) is 2.43. The van der Waals surface area contributed by atoms with E-state index in [0.717, 1.165) is 25.0 Å². The van der Waals surface area contributed by atoms with Crippen LogP contribution in [0.4, 0.5) is 8.78 Å². The Morgan fingerprint density at radius 3 is 2.65 bits per heavy atom. The topological polar surface area (TPSA) is 70.0 Å². The summed E-state index contributed by atoms with van der Waals surface area (Å²) in [5.74, 6) is -1.94. The molecule has 0 saturated carbocycles. The smallest absolute Gasteiger partial charge is 0.221 e. The predicted octanol–water partition coefficient (Wildman–Crippen LogP) is 2.25. The molecule has 106 valence electrons. The van der Waals surface area contributed by atoms with E-state index >= 15 is 0 Å². The molecular formula is C13H12F2N2O2S. The second-order valence-corrected chi connectivity index (χ2v) is 6.24. The highest BCUT2D eigenvalue weighted by Gasteiger charge is 2.28. The lowest BCUT2D eigenvalue weighted by Gasteiger charge is -2.18. The molecule has 0 spiro atoms. The van der Waals surface area contributed by atoms with Crippen molar-refractivity contribution in [1.82, 2.24) is 5.32 Å². The second-order valence-electron chi connectivity index (χ2n) is 4.38. The van der Waals surface area contributed by atoms with E-state index in [9.17, 15) is 17.2 Å². The Hall–Kier alpha value is -1.94. The third kappa shape index (κ3) is 2.65. The molecule has 0 bridgehead atoms. The molecule has 0 unspecified atom stereocenters. The lowest BCUT2D eigenvalue weighted by molar-refractivity contribution is 0.553. The van der Waals surface area contributed by atoms with Gasteiger partial charge in [-0.1, -0.05) is 0 Å². The van der Waals surface area contributed by atoms with Gasteiger partial charge in [0.05, 0.1) is 0 Å². The summed E-state index contributed by atoms with van der Waals surface area (Å²) in [5, 5.41) is 11.9. The molecule has 7 heteroatoms. The van der Waals surface area contributed by atoms with E-state index in [1.165, 1.54) is 0 Å². The van der Waals surface area contributed by atoms with Crippen molar-refractivity contribution in [2.45, 2.75) is 24.2 Å². The van der Waals surface area contributed by atoms with Gasteiger partial charge in [-0.25, -0.2) is 17.2 Å². The molecule has 2 rings (SSSR count). The molecule has 1 N–H and O–H groups in total. The maximum atomic E-state index is 13.6. The van der Waals surface area contributed by atoms with E-state index in [1.807, 2.05) is 0 Å². The minimum Gasteiger partial charge on any atom is -0.387 e. The molecule has 0 atom stereocenters. The summed E-state index contributed by atoms with van der Waals surface area (Å²) in [6, 6.07) is 3.74. The summed E-state index contributed by atoms with van der Waals surface area (Å²) >= 11 is 0. The zero-order chi connectivity index (χ0) is 14.8. The molecule has 1 aromatic carbocycles. The van der Waals surface area contributed by atoms with Crippen LogP contribution in [0.15, 0.2) is 33.7 Å². The third-order valence-corrected chi connectivity index (χ3v) is 4.79. The zero-order valence-corrected chi connectivity index (χ0v) is 11.3. The Bertz CT molecular complexity index is 698. The van der Waals surface area contributed by atoms with Gasteiger partial charge in [-0.15, -0.1) is 0 Å².